The number of hydrogen-bond acceptors (Lipinski definition) is 7. The Morgan fingerprint density at radius 2 is 1.83 bits per heavy atom. The molecule has 0 saturated heterocycles. The van der Waals surface area contributed by atoms with E-state index in [0.29, 0.717) is 26.7 Å². The van der Waals surface area contributed by atoms with Crippen molar-refractivity contribution < 1.29 is 9.59 Å². The summed E-state index contributed by atoms with van der Waals surface area (Å²) in [5, 5.41) is 17.8. The lowest BCUT2D eigenvalue weighted by atomic mass is 10.1. The molecular formula is C24H23ClN6O2S2. The lowest BCUT2D eigenvalue weighted by molar-refractivity contribution is -0.113. The van der Waals surface area contributed by atoms with Gasteiger partial charge >= 0.3 is 0 Å². The smallest absolute Gasteiger partial charge is 0.251 e. The molecule has 0 fully saturated rings. The van der Waals surface area contributed by atoms with Gasteiger partial charge < -0.3 is 15.2 Å². The number of carbonyl (C=O) groups is 2. The number of thiazole rings is 1. The number of carbonyl (C=O) groups excluding carboxylic acids is 2. The van der Waals surface area contributed by atoms with Crippen LogP contribution >= 0.6 is 34.7 Å². The molecule has 11 heteroatoms. The zero-order valence-corrected chi connectivity index (χ0v) is 21.7. The van der Waals surface area contributed by atoms with Crippen LogP contribution in [0.3, 0.4) is 0 Å². The standard InChI is InChI=1S/C24H23ClN6O2S2/c1-14-4-6-17(7-5-14)22(33)26-15(2)21-29-30-24(31(21)3)35-13-20(32)28-23-27-19(12-34-23)16-8-10-18(25)11-9-16/h4-12,15H,13H2,1-3H3,(H,26,33)(H,27,28,32)/t15-/m1/s1. The van der Waals surface area contributed by atoms with Gasteiger partial charge in [0.2, 0.25) is 5.91 Å². The van der Waals surface area contributed by atoms with Gasteiger partial charge in [-0.2, -0.15) is 0 Å². The molecule has 0 bridgehead atoms. The molecule has 4 rings (SSSR count). The maximum absolute atomic E-state index is 12.5. The molecule has 0 spiro atoms. The number of amides is 2. The minimum atomic E-state index is -0.355. The van der Waals surface area contributed by atoms with Gasteiger partial charge in [0, 0.05) is 28.6 Å². The molecule has 2 aromatic heterocycles. The van der Waals surface area contributed by atoms with Gasteiger partial charge in [-0.3, -0.25) is 9.59 Å². The Morgan fingerprint density at radius 3 is 2.54 bits per heavy atom. The average Bonchev–Trinajstić information content (AvgIpc) is 3.45. The van der Waals surface area contributed by atoms with Gasteiger partial charge in [-0.15, -0.1) is 21.5 Å². The van der Waals surface area contributed by atoms with Crippen LogP contribution in [0.2, 0.25) is 5.02 Å². The zero-order chi connectivity index (χ0) is 24.9. The van der Waals surface area contributed by atoms with E-state index < -0.39 is 0 Å². The van der Waals surface area contributed by atoms with Crippen molar-refractivity contribution in [2.24, 2.45) is 7.05 Å². The third kappa shape index (κ3) is 6.27. The van der Waals surface area contributed by atoms with Crippen molar-refractivity contribution in [3.63, 3.8) is 0 Å². The number of anilines is 1. The van der Waals surface area contributed by atoms with E-state index in [4.69, 9.17) is 11.6 Å². The van der Waals surface area contributed by atoms with E-state index in [1.807, 2.05) is 50.5 Å². The summed E-state index contributed by atoms with van der Waals surface area (Å²) in [6.45, 7) is 3.82. The second-order valence-electron chi connectivity index (χ2n) is 7.84. The first-order chi connectivity index (χ1) is 16.8. The van der Waals surface area contributed by atoms with Crippen molar-refractivity contribution in [3.05, 3.63) is 75.9 Å². The van der Waals surface area contributed by atoms with Crippen LogP contribution in [0.1, 0.15) is 34.7 Å². The summed E-state index contributed by atoms with van der Waals surface area (Å²) < 4.78 is 1.78. The summed E-state index contributed by atoms with van der Waals surface area (Å²) in [6.07, 6.45) is 0. The Bertz CT molecular complexity index is 1340. The fourth-order valence-electron chi connectivity index (χ4n) is 3.25. The van der Waals surface area contributed by atoms with Gasteiger partial charge in [0.25, 0.3) is 5.91 Å². The Morgan fingerprint density at radius 1 is 1.11 bits per heavy atom. The highest BCUT2D eigenvalue weighted by molar-refractivity contribution is 7.99. The molecule has 0 aliphatic rings. The molecule has 0 aliphatic heterocycles. The monoisotopic (exact) mass is 526 g/mol. The maximum Gasteiger partial charge on any atom is 0.251 e. The lowest BCUT2D eigenvalue weighted by Gasteiger charge is -2.13. The summed E-state index contributed by atoms with van der Waals surface area (Å²) in [7, 11) is 1.81. The second-order valence-corrected chi connectivity index (χ2v) is 10.1. The zero-order valence-electron chi connectivity index (χ0n) is 19.3. The molecule has 8 nitrogen and oxygen atoms in total. The molecule has 2 aromatic carbocycles. The highest BCUT2D eigenvalue weighted by Crippen LogP contribution is 2.26. The fourth-order valence-corrected chi connectivity index (χ4v) is 4.83. The van der Waals surface area contributed by atoms with Gasteiger partial charge in [0.15, 0.2) is 16.1 Å². The van der Waals surface area contributed by atoms with E-state index in [9.17, 15) is 9.59 Å². The third-order valence-corrected chi connectivity index (χ3v) is 7.17. The van der Waals surface area contributed by atoms with E-state index in [-0.39, 0.29) is 23.6 Å². The van der Waals surface area contributed by atoms with Crippen LogP contribution in [0.15, 0.2) is 59.1 Å². The minimum Gasteiger partial charge on any atom is -0.342 e. The van der Waals surface area contributed by atoms with E-state index in [1.165, 1.54) is 23.1 Å². The number of halogens is 1. The Labute approximate surface area is 216 Å². The highest BCUT2D eigenvalue weighted by Gasteiger charge is 2.19. The van der Waals surface area contributed by atoms with Gasteiger partial charge in [-0.25, -0.2) is 4.98 Å². The van der Waals surface area contributed by atoms with Crippen molar-refractivity contribution in [2.45, 2.75) is 25.0 Å². The van der Waals surface area contributed by atoms with E-state index in [1.54, 1.807) is 28.8 Å². The number of aryl methyl sites for hydroxylation is 1. The molecular weight excluding hydrogens is 504 g/mol. The highest BCUT2D eigenvalue weighted by atomic mass is 35.5. The number of nitrogens with zero attached hydrogens (tertiary/aromatic N) is 4. The van der Waals surface area contributed by atoms with E-state index in [0.717, 1.165) is 16.8 Å². The number of aromatic nitrogens is 4. The van der Waals surface area contributed by atoms with E-state index >= 15 is 0 Å². The molecule has 2 amide bonds. The second kappa shape index (κ2) is 11.0. The summed E-state index contributed by atoms with van der Waals surface area (Å²) in [5.41, 5.74) is 3.37. The Balaban J connectivity index is 1.31. The largest absolute Gasteiger partial charge is 0.342 e. The third-order valence-electron chi connectivity index (χ3n) is 5.14. The molecule has 4 aromatic rings. The molecule has 0 radical (unpaired) electrons. The first-order valence-electron chi connectivity index (χ1n) is 10.7. The summed E-state index contributed by atoms with van der Waals surface area (Å²) in [6, 6.07) is 14.4. The van der Waals surface area contributed by atoms with Crippen molar-refractivity contribution in [3.8, 4) is 11.3 Å². The van der Waals surface area contributed by atoms with Crippen LogP contribution < -0.4 is 10.6 Å². The van der Waals surface area contributed by atoms with Crippen LogP contribution in [0.5, 0.6) is 0 Å². The molecule has 2 N–H and O–H groups in total. The van der Waals surface area contributed by atoms with Crippen LogP contribution in [-0.2, 0) is 11.8 Å². The van der Waals surface area contributed by atoms with Crippen molar-refractivity contribution >= 4 is 51.6 Å². The van der Waals surface area contributed by atoms with Crippen LogP contribution in [0.25, 0.3) is 11.3 Å². The van der Waals surface area contributed by atoms with Crippen LogP contribution in [-0.4, -0.2) is 37.3 Å². The summed E-state index contributed by atoms with van der Waals surface area (Å²) in [4.78, 5) is 29.4. The topological polar surface area (TPSA) is 102 Å². The fraction of sp³-hybridized carbons (Fsp3) is 0.208. The molecule has 2 heterocycles. The number of nitrogens with one attached hydrogen (secondary N) is 2. The summed E-state index contributed by atoms with van der Waals surface area (Å²) >= 11 is 8.55. The van der Waals surface area contributed by atoms with Crippen molar-refractivity contribution in [1.82, 2.24) is 25.1 Å². The number of thioether (sulfide) groups is 1. The van der Waals surface area contributed by atoms with Gasteiger partial charge in [0.05, 0.1) is 17.5 Å². The molecule has 35 heavy (non-hydrogen) atoms. The predicted octanol–water partition coefficient (Wildman–Crippen LogP) is 5.12. The van der Waals surface area contributed by atoms with Crippen LogP contribution in [0.4, 0.5) is 5.13 Å². The number of rotatable bonds is 8. The van der Waals surface area contributed by atoms with Gasteiger partial charge in [-0.1, -0.05) is 53.2 Å². The molecule has 0 aliphatic carbocycles. The first-order valence-corrected chi connectivity index (χ1v) is 13.0. The molecule has 0 saturated carbocycles. The predicted molar refractivity (Wildman–Crippen MR) is 140 cm³/mol. The quantitative estimate of drug-likeness (QED) is 0.309. The Kier molecular flexibility index (Phi) is 7.84. The maximum atomic E-state index is 12.5. The van der Waals surface area contributed by atoms with Crippen molar-refractivity contribution in [1.29, 1.82) is 0 Å². The molecule has 1 atom stereocenters. The summed E-state index contributed by atoms with van der Waals surface area (Å²) in [5.74, 6) is 0.361. The first kappa shape index (κ1) is 24.9. The number of hydrogen-bond donors (Lipinski definition) is 2. The van der Waals surface area contributed by atoms with E-state index in [2.05, 4.69) is 25.8 Å². The molecule has 0 unspecified atom stereocenters. The molecule has 180 valence electrons. The average molecular weight is 527 g/mol. The van der Waals surface area contributed by atoms with Crippen LogP contribution in [0, 0.1) is 6.92 Å². The van der Waals surface area contributed by atoms with Gasteiger partial charge in [-0.05, 0) is 38.1 Å². The lowest BCUT2D eigenvalue weighted by Crippen LogP contribution is -2.28. The SMILES string of the molecule is Cc1ccc(C(=O)N[C@H](C)c2nnc(SCC(=O)Nc3nc(-c4ccc(Cl)cc4)cs3)n2C)cc1. The minimum absolute atomic E-state index is 0.145. The van der Waals surface area contributed by atoms with Gasteiger partial charge in [0.1, 0.15) is 0 Å². The van der Waals surface area contributed by atoms with Crippen molar-refractivity contribution in [2.75, 3.05) is 11.1 Å². The Hall–Kier alpha value is -3.21. The normalized spacial score (nSPS) is 11.8. The number of benzene rings is 2.